The fraction of sp³-hybridized carbons (Fsp3) is 0.300. The standard InChI is InChI=1S/C20H21N5O7S/c1-23-12-18(26)25(20(23)28)13-10-17(19(27)22-29)24(11-13)33(30,31)16-4-2-14(3-5-16)32-15-6-8-21-9-7-15/h2-9,13,17,29H,10-12H2,1H3,(H,22,27)/t13?,17-/m1/s1. The van der Waals surface area contributed by atoms with Crippen molar-refractivity contribution in [1.29, 1.82) is 0 Å². The van der Waals surface area contributed by atoms with Crippen molar-refractivity contribution in [2.75, 3.05) is 20.1 Å². The summed E-state index contributed by atoms with van der Waals surface area (Å²) in [5.41, 5.74) is 1.47. The molecule has 2 atom stereocenters. The van der Waals surface area contributed by atoms with Crippen LogP contribution in [0.4, 0.5) is 4.79 Å². The quantitative estimate of drug-likeness (QED) is 0.346. The highest BCUT2D eigenvalue weighted by molar-refractivity contribution is 7.89. The summed E-state index contributed by atoms with van der Waals surface area (Å²) in [4.78, 5) is 42.8. The maximum atomic E-state index is 13.3. The second-order valence-electron chi connectivity index (χ2n) is 7.61. The van der Waals surface area contributed by atoms with Gasteiger partial charge in [0.2, 0.25) is 10.0 Å². The number of ether oxygens (including phenoxy) is 1. The van der Waals surface area contributed by atoms with E-state index in [1.165, 1.54) is 41.7 Å². The van der Waals surface area contributed by atoms with Crippen molar-refractivity contribution in [3.63, 3.8) is 0 Å². The molecule has 2 aliphatic heterocycles. The van der Waals surface area contributed by atoms with Gasteiger partial charge in [-0.3, -0.25) is 24.7 Å². The van der Waals surface area contributed by atoms with E-state index >= 15 is 0 Å². The highest BCUT2D eigenvalue weighted by atomic mass is 32.2. The summed E-state index contributed by atoms with van der Waals surface area (Å²) in [6.45, 7) is -0.404. The molecule has 4 amide bonds. The molecule has 4 rings (SSSR count). The first-order valence-corrected chi connectivity index (χ1v) is 11.4. The Hall–Kier alpha value is -3.55. The first kappa shape index (κ1) is 22.6. The van der Waals surface area contributed by atoms with Crippen LogP contribution >= 0.6 is 0 Å². The van der Waals surface area contributed by atoms with Crippen LogP contribution in [-0.2, 0) is 19.6 Å². The monoisotopic (exact) mass is 475 g/mol. The second kappa shape index (κ2) is 8.77. The zero-order chi connectivity index (χ0) is 23.8. The Morgan fingerprint density at radius 2 is 1.76 bits per heavy atom. The van der Waals surface area contributed by atoms with Gasteiger partial charge >= 0.3 is 6.03 Å². The van der Waals surface area contributed by atoms with Gasteiger partial charge in [-0.15, -0.1) is 0 Å². The minimum absolute atomic E-state index is 0.114. The zero-order valence-corrected chi connectivity index (χ0v) is 18.3. The summed E-state index contributed by atoms with van der Waals surface area (Å²) in [7, 11) is -2.76. The average molecular weight is 475 g/mol. The highest BCUT2D eigenvalue weighted by Crippen LogP contribution is 2.32. The number of likely N-dealkylation sites (N-methyl/N-ethyl adjacent to an activating group) is 1. The molecular weight excluding hydrogens is 454 g/mol. The number of hydroxylamine groups is 1. The molecular formula is C20H21N5O7S. The number of benzene rings is 1. The minimum Gasteiger partial charge on any atom is -0.457 e. The number of hydrogen-bond donors (Lipinski definition) is 2. The van der Waals surface area contributed by atoms with E-state index in [0.29, 0.717) is 11.5 Å². The number of carbonyl (C=O) groups is 3. The topological polar surface area (TPSA) is 149 Å². The SMILES string of the molecule is CN1CC(=O)N(C2C[C@H](C(=O)NO)N(S(=O)(=O)c3ccc(Oc4ccncc4)cc3)C2)C1=O. The lowest BCUT2D eigenvalue weighted by Gasteiger charge is -2.23. The van der Waals surface area contributed by atoms with Crippen molar-refractivity contribution < 1.29 is 32.7 Å². The van der Waals surface area contributed by atoms with E-state index in [4.69, 9.17) is 9.94 Å². The van der Waals surface area contributed by atoms with Crippen LogP contribution in [-0.4, -0.2) is 82.8 Å². The Kier molecular flexibility index (Phi) is 6.01. The van der Waals surface area contributed by atoms with Gasteiger partial charge in [-0.2, -0.15) is 4.31 Å². The van der Waals surface area contributed by atoms with Crippen molar-refractivity contribution >= 4 is 27.9 Å². The van der Waals surface area contributed by atoms with Gasteiger partial charge in [0.15, 0.2) is 0 Å². The first-order chi connectivity index (χ1) is 15.7. The third kappa shape index (κ3) is 4.25. The number of urea groups is 1. The van der Waals surface area contributed by atoms with Gasteiger partial charge in [0, 0.05) is 26.0 Å². The lowest BCUT2D eigenvalue weighted by atomic mass is 10.1. The third-order valence-electron chi connectivity index (χ3n) is 5.50. The van der Waals surface area contributed by atoms with Gasteiger partial charge in [0.1, 0.15) is 24.1 Å². The van der Waals surface area contributed by atoms with E-state index in [-0.39, 0.29) is 24.4 Å². The number of pyridine rings is 1. The fourth-order valence-corrected chi connectivity index (χ4v) is 5.54. The lowest BCUT2D eigenvalue weighted by Crippen LogP contribution is -2.45. The highest BCUT2D eigenvalue weighted by Gasteiger charge is 2.50. The first-order valence-electron chi connectivity index (χ1n) is 9.93. The van der Waals surface area contributed by atoms with Gasteiger partial charge in [-0.1, -0.05) is 0 Å². The largest absolute Gasteiger partial charge is 0.457 e. The Balaban J connectivity index is 1.59. The molecule has 0 saturated carbocycles. The molecule has 3 heterocycles. The van der Waals surface area contributed by atoms with Crippen LogP contribution in [0.1, 0.15) is 6.42 Å². The van der Waals surface area contributed by atoms with Gasteiger partial charge in [0.05, 0.1) is 10.9 Å². The average Bonchev–Trinajstić information content (AvgIpc) is 3.35. The van der Waals surface area contributed by atoms with Crippen LogP contribution in [0.2, 0.25) is 0 Å². The van der Waals surface area contributed by atoms with Crippen molar-refractivity contribution in [1.82, 2.24) is 24.6 Å². The fourth-order valence-electron chi connectivity index (χ4n) is 3.90. The number of nitrogens with zero attached hydrogens (tertiary/aromatic N) is 4. The molecule has 2 N–H and O–H groups in total. The number of carbonyl (C=O) groups excluding carboxylic acids is 3. The number of amides is 4. The number of imide groups is 1. The Morgan fingerprint density at radius 3 is 2.33 bits per heavy atom. The molecule has 2 aromatic rings. The van der Waals surface area contributed by atoms with E-state index in [1.54, 1.807) is 24.5 Å². The summed E-state index contributed by atoms with van der Waals surface area (Å²) in [6, 6.07) is 6.15. The van der Waals surface area contributed by atoms with Crippen LogP contribution in [0, 0.1) is 0 Å². The molecule has 0 spiro atoms. The van der Waals surface area contributed by atoms with E-state index in [2.05, 4.69) is 4.98 Å². The van der Waals surface area contributed by atoms with Crippen LogP contribution in [0.25, 0.3) is 0 Å². The van der Waals surface area contributed by atoms with Crippen molar-refractivity contribution in [2.45, 2.75) is 23.4 Å². The van der Waals surface area contributed by atoms with Crippen LogP contribution in [0.3, 0.4) is 0 Å². The summed E-state index contributed by atoms with van der Waals surface area (Å²) >= 11 is 0. The Morgan fingerprint density at radius 1 is 1.12 bits per heavy atom. The predicted molar refractivity (Wildman–Crippen MR) is 112 cm³/mol. The minimum atomic E-state index is -4.21. The molecule has 2 fully saturated rings. The van der Waals surface area contributed by atoms with Crippen molar-refractivity contribution in [3.8, 4) is 11.5 Å². The normalized spacial score (nSPS) is 21.5. The number of rotatable bonds is 6. The zero-order valence-electron chi connectivity index (χ0n) is 17.5. The predicted octanol–water partition coefficient (Wildman–Crippen LogP) is 0.405. The molecule has 0 aliphatic carbocycles. The molecule has 0 radical (unpaired) electrons. The van der Waals surface area contributed by atoms with E-state index in [0.717, 1.165) is 9.21 Å². The number of hydrogen-bond acceptors (Lipinski definition) is 8. The summed E-state index contributed by atoms with van der Waals surface area (Å²) < 4.78 is 33.2. The van der Waals surface area contributed by atoms with Crippen molar-refractivity contribution in [3.05, 3.63) is 48.8 Å². The number of sulfonamides is 1. The maximum Gasteiger partial charge on any atom is 0.327 e. The molecule has 13 heteroatoms. The molecule has 1 unspecified atom stereocenters. The van der Waals surface area contributed by atoms with Crippen LogP contribution in [0.15, 0.2) is 53.7 Å². The molecule has 2 aliphatic rings. The number of aromatic nitrogens is 1. The van der Waals surface area contributed by atoms with Gasteiger partial charge in [-0.25, -0.2) is 18.7 Å². The molecule has 1 aromatic carbocycles. The molecule has 0 bridgehead atoms. The smallest absolute Gasteiger partial charge is 0.327 e. The summed E-state index contributed by atoms with van der Waals surface area (Å²) in [6.07, 6.45) is 2.97. The lowest BCUT2D eigenvalue weighted by molar-refractivity contribution is -0.132. The molecule has 2 saturated heterocycles. The van der Waals surface area contributed by atoms with E-state index < -0.39 is 40.0 Å². The number of nitrogens with one attached hydrogen (secondary N) is 1. The maximum absolute atomic E-state index is 13.3. The van der Waals surface area contributed by atoms with Crippen LogP contribution in [0.5, 0.6) is 11.5 Å². The molecule has 12 nitrogen and oxygen atoms in total. The van der Waals surface area contributed by atoms with Crippen molar-refractivity contribution in [2.24, 2.45) is 0 Å². The Bertz CT molecular complexity index is 1170. The van der Waals surface area contributed by atoms with Gasteiger partial charge < -0.3 is 9.64 Å². The Labute approximate surface area is 189 Å². The van der Waals surface area contributed by atoms with E-state index in [1.807, 2.05) is 0 Å². The molecule has 174 valence electrons. The van der Waals surface area contributed by atoms with Crippen LogP contribution < -0.4 is 10.2 Å². The van der Waals surface area contributed by atoms with Gasteiger partial charge in [0.25, 0.3) is 11.8 Å². The van der Waals surface area contributed by atoms with Gasteiger partial charge in [-0.05, 0) is 42.8 Å². The third-order valence-corrected chi connectivity index (χ3v) is 7.39. The summed E-state index contributed by atoms with van der Waals surface area (Å²) in [5.74, 6) is -0.522. The summed E-state index contributed by atoms with van der Waals surface area (Å²) in [5, 5.41) is 9.13. The molecule has 33 heavy (non-hydrogen) atoms. The molecule has 1 aromatic heterocycles. The second-order valence-corrected chi connectivity index (χ2v) is 9.51. The van der Waals surface area contributed by atoms with E-state index in [9.17, 15) is 22.8 Å².